The second-order valence-electron chi connectivity index (χ2n) is 9.25. The fourth-order valence-electron chi connectivity index (χ4n) is 3.76. The van der Waals surface area contributed by atoms with E-state index >= 15 is 0 Å². The summed E-state index contributed by atoms with van der Waals surface area (Å²) in [4.78, 5) is 36.9. The molecule has 0 aromatic carbocycles. The SMILES string of the molecule is CC(C)N1CCC(c2nnc3ccc(C(=O)NCCc4cccnc4)cn23)C1.O=C(O)C(F)(F)F.O=C(O)C(F)(F)F. The van der Waals surface area contributed by atoms with Gasteiger partial charge < -0.3 is 20.4 Å². The number of hydrogen-bond donors (Lipinski definition) is 3. The molecule has 3 aromatic heterocycles. The maximum atomic E-state index is 12.6. The lowest BCUT2D eigenvalue weighted by atomic mass is 10.1. The van der Waals surface area contributed by atoms with E-state index in [9.17, 15) is 31.1 Å². The summed E-state index contributed by atoms with van der Waals surface area (Å²) in [6, 6.07) is 8.12. The van der Waals surface area contributed by atoms with Crippen molar-refractivity contribution in [1.82, 2.24) is 29.8 Å². The number of carbonyl (C=O) groups excluding carboxylic acids is 1. The number of alkyl halides is 6. The number of fused-ring (bicyclic) bond motifs is 1. The Morgan fingerprint density at radius 3 is 2.14 bits per heavy atom. The third-order valence-electron chi connectivity index (χ3n) is 5.91. The molecule has 230 valence electrons. The Morgan fingerprint density at radius 1 is 1.02 bits per heavy atom. The van der Waals surface area contributed by atoms with E-state index in [4.69, 9.17) is 19.8 Å². The van der Waals surface area contributed by atoms with Gasteiger partial charge >= 0.3 is 24.3 Å². The third kappa shape index (κ3) is 10.3. The highest BCUT2D eigenvalue weighted by Gasteiger charge is 2.39. The van der Waals surface area contributed by atoms with E-state index in [2.05, 4.69) is 39.2 Å². The highest BCUT2D eigenvalue weighted by Crippen LogP contribution is 2.27. The number of amides is 1. The van der Waals surface area contributed by atoms with Crippen molar-refractivity contribution in [2.45, 2.75) is 51.0 Å². The number of halogens is 6. The van der Waals surface area contributed by atoms with Crippen LogP contribution in [0.4, 0.5) is 26.3 Å². The molecule has 11 nitrogen and oxygen atoms in total. The first-order valence-electron chi connectivity index (χ1n) is 12.4. The predicted molar refractivity (Wildman–Crippen MR) is 135 cm³/mol. The zero-order chi connectivity index (χ0) is 31.7. The molecule has 42 heavy (non-hydrogen) atoms. The van der Waals surface area contributed by atoms with E-state index in [0.717, 1.165) is 43.0 Å². The van der Waals surface area contributed by atoms with Crippen molar-refractivity contribution < 1.29 is 50.9 Å². The number of carbonyl (C=O) groups is 3. The fraction of sp³-hybridized carbons (Fsp3) is 0.440. The van der Waals surface area contributed by atoms with Gasteiger partial charge in [0, 0.05) is 43.6 Å². The lowest BCUT2D eigenvalue weighted by Gasteiger charge is -2.19. The van der Waals surface area contributed by atoms with Crippen LogP contribution < -0.4 is 5.32 Å². The maximum Gasteiger partial charge on any atom is 0.490 e. The molecule has 0 aliphatic carbocycles. The molecule has 1 unspecified atom stereocenters. The van der Waals surface area contributed by atoms with Gasteiger partial charge in [-0.3, -0.25) is 14.2 Å². The standard InChI is InChI=1S/C21H26N6O.2C2HF3O2/c1-15(2)26-11-8-17(13-26)20-25-24-19-6-5-18(14-27(19)20)21(28)23-10-7-16-4-3-9-22-12-16;2*3-2(4,5)1(6)7/h3-6,9,12,14-15,17H,7-8,10-11,13H2,1-2H3,(H,23,28);2*(H,6,7). The number of pyridine rings is 2. The van der Waals surface area contributed by atoms with Crippen molar-refractivity contribution in [2.24, 2.45) is 0 Å². The van der Waals surface area contributed by atoms with Crippen LogP contribution in [0.15, 0.2) is 42.9 Å². The molecule has 0 saturated carbocycles. The van der Waals surface area contributed by atoms with Crippen LogP contribution in [-0.2, 0) is 16.0 Å². The van der Waals surface area contributed by atoms with Gasteiger partial charge in [-0.2, -0.15) is 26.3 Å². The Kier molecular flexibility index (Phi) is 11.8. The third-order valence-corrected chi connectivity index (χ3v) is 5.91. The number of carboxylic acids is 2. The Labute approximate surface area is 235 Å². The Bertz CT molecular complexity index is 1320. The molecule has 0 radical (unpaired) electrons. The number of hydrogen-bond acceptors (Lipinski definition) is 7. The second-order valence-corrected chi connectivity index (χ2v) is 9.25. The monoisotopic (exact) mass is 606 g/mol. The smallest absolute Gasteiger partial charge is 0.475 e. The zero-order valence-corrected chi connectivity index (χ0v) is 22.4. The van der Waals surface area contributed by atoms with Gasteiger partial charge in [0.15, 0.2) is 5.65 Å². The second kappa shape index (κ2) is 14.6. The molecule has 17 heteroatoms. The average Bonchev–Trinajstić information content (AvgIpc) is 3.56. The summed E-state index contributed by atoms with van der Waals surface area (Å²) in [6.07, 6.45) is -2.90. The lowest BCUT2D eigenvalue weighted by Crippen LogP contribution is -2.28. The number of nitrogens with zero attached hydrogens (tertiary/aromatic N) is 5. The molecule has 3 N–H and O–H groups in total. The minimum Gasteiger partial charge on any atom is -0.475 e. The summed E-state index contributed by atoms with van der Waals surface area (Å²) >= 11 is 0. The highest BCUT2D eigenvalue weighted by atomic mass is 19.4. The quantitative estimate of drug-likeness (QED) is 0.358. The topological polar surface area (TPSA) is 150 Å². The van der Waals surface area contributed by atoms with Gasteiger partial charge in [0.1, 0.15) is 5.82 Å². The van der Waals surface area contributed by atoms with E-state index in [1.54, 1.807) is 6.20 Å². The number of aliphatic carboxylic acids is 2. The van der Waals surface area contributed by atoms with Crippen LogP contribution >= 0.6 is 0 Å². The largest absolute Gasteiger partial charge is 0.490 e. The van der Waals surface area contributed by atoms with Gasteiger partial charge in [0.2, 0.25) is 0 Å². The number of nitrogens with one attached hydrogen (secondary N) is 1. The van der Waals surface area contributed by atoms with E-state index < -0.39 is 24.3 Å². The molecule has 1 amide bonds. The molecule has 1 fully saturated rings. The Morgan fingerprint density at radius 2 is 1.64 bits per heavy atom. The molecule has 0 spiro atoms. The van der Waals surface area contributed by atoms with Crippen molar-refractivity contribution in [3.05, 3.63) is 59.8 Å². The van der Waals surface area contributed by atoms with Crippen LogP contribution in [0.25, 0.3) is 5.65 Å². The summed E-state index contributed by atoms with van der Waals surface area (Å²) < 4.78 is 65.4. The van der Waals surface area contributed by atoms with Gasteiger partial charge in [-0.15, -0.1) is 10.2 Å². The summed E-state index contributed by atoms with van der Waals surface area (Å²) in [5.74, 6) is -4.30. The van der Waals surface area contributed by atoms with Gasteiger partial charge in [-0.1, -0.05) is 6.07 Å². The number of rotatable bonds is 6. The molecule has 4 heterocycles. The van der Waals surface area contributed by atoms with Gasteiger partial charge in [0.05, 0.1) is 5.56 Å². The molecule has 4 rings (SSSR count). The fourth-order valence-corrected chi connectivity index (χ4v) is 3.76. The van der Waals surface area contributed by atoms with Crippen LogP contribution in [0.2, 0.25) is 0 Å². The van der Waals surface area contributed by atoms with Crippen LogP contribution in [0, 0.1) is 0 Å². The molecular weight excluding hydrogens is 578 g/mol. The molecule has 1 aliphatic heterocycles. The number of aromatic nitrogens is 4. The highest BCUT2D eigenvalue weighted by molar-refractivity contribution is 5.94. The average molecular weight is 607 g/mol. The summed E-state index contributed by atoms with van der Waals surface area (Å²) in [7, 11) is 0. The van der Waals surface area contributed by atoms with Crippen molar-refractivity contribution in [1.29, 1.82) is 0 Å². The summed E-state index contributed by atoms with van der Waals surface area (Å²) in [6.45, 7) is 7.08. The molecule has 1 atom stereocenters. The molecule has 1 saturated heterocycles. The van der Waals surface area contributed by atoms with E-state index in [1.807, 2.05) is 41.1 Å². The van der Waals surface area contributed by atoms with Crippen LogP contribution in [-0.4, -0.2) is 90.6 Å². The van der Waals surface area contributed by atoms with Crippen LogP contribution in [0.5, 0.6) is 0 Å². The van der Waals surface area contributed by atoms with Crippen molar-refractivity contribution in [2.75, 3.05) is 19.6 Å². The van der Waals surface area contributed by atoms with Crippen LogP contribution in [0.1, 0.15) is 47.9 Å². The van der Waals surface area contributed by atoms with E-state index in [-0.39, 0.29) is 5.91 Å². The number of likely N-dealkylation sites (tertiary alicyclic amines) is 1. The summed E-state index contributed by atoms with van der Waals surface area (Å²) in [5, 5.41) is 25.9. The minimum absolute atomic E-state index is 0.0827. The van der Waals surface area contributed by atoms with Crippen molar-refractivity contribution in [3.63, 3.8) is 0 Å². The molecule has 3 aromatic rings. The van der Waals surface area contributed by atoms with Gasteiger partial charge in [-0.25, -0.2) is 9.59 Å². The normalized spacial score (nSPS) is 15.4. The van der Waals surface area contributed by atoms with Crippen LogP contribution in [0.3, 0.4) is 0 Å². The molecular formula is C25H28F6N6O5. The minimum atomic E-state index is -5.08. The first kappa shape index (κ1) is 33.9. The maximum absolute atomic E-state index is 12.6. The predicted octanol–water partition coefficient (Wildman–Crippen LogP) is 3.56. The Balaban J connectivity index is 0.000000367. The van der Waals surface area contributed by atoms with Crippen molar-refractivity contribution in [3.8, 4) is 0 Å². The molecule has 0 bridgehead atoms. The summed E-state index contributed by atoms with van der Waals surface area (Å²) in [5.41, 5.74) is 2.51. The first-order chi connectivity index (χ1) is 19.5. The lowest BCUT2D eigenvalue weighted by molar-refractivity contribution is -0.193. The van der Waals surface area contributed by atoms with Crippen molar-refractivity contribution >= 4 is 23.5 Å². The van der Waals surface area contributed by atoms with Gasteiger partial charge in [-0.05, 0) is 57.0 Å². The number of carboxylic acid groups (broad SMARTS) is 2. The zero-order valence-electron chi connectivity index (χ0n) is 22.4. The van der Waals surface area contributed by atoms with E-state index in [0.29, 0.717) is 24.1 Å². The molecule has 1 aliphatic rings. The van der Waals surface area contributed by atoms with E-state index in [1.165, 1.54) is 0 Å². The Hall–Kier alpha value is -4.28. The van der Waals surface area contributed by atoms with Gasteiger partial charge in [0.25, 0.3) is 5.91 Å². The first-order valence-corrected chi connectivity index (χ1v) is 12.4.